The highest BCUT2D eigenvalue weighted by molar-refractivity contribution is 5.81. The molecule has 1 aliphatic rings. The molecule has 1 heterocycles. The van der Waals surface area contributed by atoms with E-state index in [4.69, 9.17) is 0 Å². The third-order valence-electron chi connectivity index (χ3n) is 5.00. The van der Waals surface area contributed by atoms with E-state index in [0.717, 1.165) is 43.6 Å². The van der Waals surface area contributed by atoms with E-state index in [2.05, 4.69) is 33.3 Å². The van der Waals surface area contributed by atoms with Crippen LogP contribution in [0.3, 0.4) is 0 Å². The van der Waals surface area contributed by atoms with Gasteiger partial charge in [0, 0.05) is 19.5 Å². The summed E-state index contributed by atoms with van der Waals surface area (Å²) >= 11 is 0. The second kappa shape index (κ2) is 7.79. The van der Waals surface area contributed by atoms with Crippen LogP contribution in [-0.4, -0.2) is 34.1 Å². The molecule has 5 heteroatoms. The van der Waals surface area contributed by atoms with Gasteiger partial charge in [-0.3, -0.25) is 4.79 Å². The number of aryl methyl sites for hydroxylation is 2. The molecule has 2 N–H and O–H groups in total. The van der Waals surface area contributed by atoms with Crippen LogP contribution in [0.5, 0.6) is 0 Å². The minimum atomic E-state index is -0.133. The third kappa shape index (κ3) is 3.96. The summed E-state index contributed by atoms with van der Waals surface area (Å²) in [5.41, 5.74) is 2.22. The summed E-state index contributed by atoms with van der Waals surface area (Å²) in [6.07, 6.45) is 6.62. The minimum absolute atomic E-state index is 0.129. The highest BCUT2D eigenvalue weighted by atomic mass is 16.2. The molecule has 0 bridgehead atoms. The minimum Gasteiger partial charge on any atom is -0.352 e. The van der Waals surface area contributed by atoms with E-state index in [9.17, 15) is 4.79 Å². The summed E-state index contributed by atoms with van der Waals surface area (Å²) in [5, 5.41) is 6.48. The van der Waals surface area contributed by atoms with Gasteiger partial charge in [0.05, 0.1) is 17.1 Å². The van der Waals surface area contributed by atoms with Crippen LogP contribution < -0.4 is 10.6 Å². The number of carbonyl (C=O) groups is 1. The topological polar surface area (TPSA) is 59.0 Å². The molecule has 5 nitrogen and oxygen atoms in total. The zero-order valence-corrected chi connectivity index (χ0v) is 14.7. The Bertz CT molecular complexity index is 688. The first-order valence-corrected chi connectivity index (χ1v) is 9.09. The Morgan fingerprint density at radius 2 is 2.08 bits per heavy atom. The third-order valence-corrected chi connectivity index (χ3v) is 5.00. The van der Waals surface area contributed by atoms with Crippen molar-refractivity contribution in [3.05, 3.63) is 30.1 Å². The lowest BCUT2D eigenvalue weighted by Crippen LogP contribution is -2.45. The van der Waals surface area contributed by atoms with Crippen molar-refractivity contribution in [3.63, 3.8) is 0 Å². The van der Waals surface area contributed by atoms with Crippen molar-refractivity contribution in [3.8, 4) is 0 Å². The first kappa shape index (κ1) is 17.0. The maximum absolute atomic E-state index is 12.1. The highest BCUT2D eigenvalue weighted by Crippen LogP contribution is 2.17. The number of imidazole rings is 1. The van der Waals surface area contributed by atoms with Crippen molar-refractivity contribution in [2.75, 3.05) is 6.54 Å². The number of fused-ring (bicyclic) bond motifs is 1. The van der Waals surface area contributed by atoms with E-state index in [-0.39, 0.29) is 11.9 Å². The van der Waals surface area contributed by atoms with Gasteiger partial charge in [0.15, 0.2) is 0 Å². The molecule has 1 aromatic carbocycles. The quantitative estimate of drug-likeness (QED) is 0.768. The molecule has 2 aromatic rings. The Balaban J connectivity index is 1.42. The molecule has 130 valence electrons. The second-order valence-electron chi connectivity index (χ2n) is 6.85. The molecule has 1 amide bonds. The van der Waals surface area contributed by atoms with Crippen molar-refractivity contribution in [1.82, 2.24) is 20.2 Å². The lowest BCUT2D eigenvalue weighted by Gasteiger charge is -2.17. The number of aromatic nitrogens is 2. The molecule has 24 heavy (non-hydrogen) atoms. The van der Waals surface area contributed by atoms with Crippen LogP contribution in [0.25, 0.3) is 11.0 Å². The Kier molecular flexibility index (Phi) is 5.51. The number of rotatable bonds is 7. The van der Waals surface area contributed by atoms with Gasteiger partial charge in [0.25, 0.3) is 0 Å². The fourth-order valence-corrected chi connectivity index (χ4v) is 3.47. The van der Waals surface area contributed by atoms with Crippen LogP contribution in [-0.2, 0) is 18.3 Å². The number of hydrogen-bond donors (Lipinski definition) is 2. The van der Waals surface area contributed by atoms with E-state index in [0.29, 0.717) is 6.04 Å². The van der Waals surface area contributed by atoms with Gasteiger partial charge in [-0.15, -0.1) is 0 Å². The van der Waals surface area contributed by atoms with Gasteiger partial charge in [-0.25, -0.2) is 4.98 Å². The SMILES string of the molecule is CC(NCCCc1nc2ccccc2n1C)C(=O)NC1CCCC1. The summed E-state index contributed by atoms with van der Waals surface area (Å²) in [5.74, 6) is 1.23. The lowest BCUT2D eigenvalue weighted by atomic mass is 10.2. The van der Waals surface area contributed by atoms with Crippen LogP contribution in [0.1, 0.15) is 44.9 Å². The monoisotopic (exact) mass is 328 g/mol. The van der Waals surface area contributed by atoms with E-state index >= 15 is 0 Å². The molecular weight excluding hydrogens is 300 g/mol. The van der Waals surface area contributed by atoms with E-state index in [1.807, 2.05) is 25.1 Å². The summed E-state index contributed by atoms with van der Waals surface area (Å²) in [6.45, 7) is 2.77. The van der Waals surface area contributed by atoms with Crippen LogP contribution in [0, 0.1) is 0 Å². The fraction of sp³-hybridized carbons (Fsp3) is 0.579. The summed E-state index contributed by atoms with van der Waals surface area (Å²) in [7, 11) is 2.07. The van der Waals surface area contributed by atoms with Gasteiger partial charge in [-0.1, -0.05) is 25.0 Å². The Morgan fingerprint density at radius 1 is 1.33 bits per heavy atom. The van der Waals surface area contributed by atoms with Gasteiger partial charge in [0.2, 0.25) is 5.91 Å². The van der Waals surface area contributed by atoms with Crippen molar-refractivity contribution >= 4 is 16.9 Å². The predicted octanol–water partition coefficient (Wildman–Crippen LogP) is 2.54. The van der Waals surface area contributed by atoms with Gasteiger partial charge in [-0.2, -0.15) is 0 Å². The Hall–Kier alpha value is -1.88. The average molecular weight is 328 g/mol. The standard InChI is InChI=1S/C19H28N4O/c1-14(19(24)21-15-8-3-4-9-15)20-13-7-12-18-22-16-10-5-6-11-17(16)23(18)2/h5-6,10-11,14-15,20H,3-4,7-9,12-13H2,1-2H3,(H,21,24). The zero-order chi connectivity index (χ0) is 16.9. The first-order valence-electron chi connectivity index (χ1n) is 9.09. The van der Waals surface area contributed by atoms with Gasteiger partial charge < -0.3 is 15.2 Å². The number of benzene rings is 1. The number of amides is 1. The molecule has 0 saturated heterocycles. The van der Waals surface area contributed by atoms with Crippen molar-refractivity contribution in [2.24, 2.45) is 7.05 Å². The number of nitrogens with one attached hydrogen (secondary N) is 2. The Morgan fingerprint density at radius 3 is 2.83 bits per heavy atom. The largest absolute Gasteiger partial charge is 0.352 e. The molecule has 0 aliphatic heterocycles. The molecule has 1 fully saturated rings. The smallest absolute Gasteiger partial charge is 0.237 e. The highest BCUT2D eigenvalue weighted by Gasteiger charge is 2.20. The molecule has 1 aromatic heterocycles. The van der Waals surface area contributed by atoms with Crippen LogP contribution in [0.15, 0.2) is 24.3 Å². The summed E-state index contributed by atoms with van der Waals surface area (Å²) in [6, 6.07) is 8.46. The van der Waals surface area contributed by atoms with E-state index in [1.54, 1.807) is 0 Å². The molecule has 0 spiro atoms. The average Bonchev–Trinajstić information content (AvgIpc) is 3.20. The van der Waals surface area contributed by atoms with Gasteiger partial charge in [0.1, 0.15) is 5.82 Å². The predicted molar refractivity (Wildman–Crippen MR) is 96.9 cm³/mol. The van der Waals surface area contributed by atoms with Crippen molar-refractivity contribution in [1.29, 1.82) is 0 Å². The number of hydrogen-bond acceptors (Lipinski definition) is 3. The summed E-state index contributed by atoms with van der Waals surface area (Å²) < 4.78 is 2.16. The molecule has 1 saturated carbocycles. The van der Waals surface area contributed by atoms with Gasteiger partial charge >= 0.3 is 0 Å². The number of para-hydroxylation sites is 2. The molecule has 1 atom stereocenters. The van der Waals surface area contributed by atoms with Gasteiger partial charge in [-0.05, 0) is 44.9 Å². The maximum atomic E-state index is 12.1. The molecule has 0 radical (unpaired) electrons. The molecule has 1 aliphatic carbocycles. The van der Waals surface area contributed by atoms with Crippen LogP contribution >= 0.6 is 0 Å². The molecule has 1 unspecified atom stereocenters. The number of carbonyl (C=O) groups excluding carboxylic acids is 1. The van der Waals surface area contributed by atoms with E-state index < -0.39 is 0 Å². The molecular formula is C19H28N4O. The van der Waals surface area contributed by atoms with Crippen LogP contribution in [0.4, 0.5) is 0 Å². The zero-order valence-electron chi connectivity index (χ0n) is 14.7. The fourth-order valence-electron chi connectivity index (χ4n) is 3.47. The van der Waals surface area contributed by atoms with Crippen molar-refractivity contribution < 1.29 is 4.79 Å². The van der Waals surface area contributed by atoms with E-state index in [1.165, 1.54) is 18.4 Å². The number of nitrogens with zero attached hydrogens (tertiary/aromatic N) is 2. The lowest BCUT2D eigenvalue weighted by molar-refractivity contribution is -0.123. The van der Waals surface area contributed by atoms with Crippen LogP contribution in [0.2, 0.25) is 0 Å². The normalized spacial score (nSPS) is 16.6. The van der Waals surface area contributed by atoms with Crippen molar-refractivity contribution in [2.45, 2.75) is 57.5 Å². The maximum Gasteiger partial charge on any atom is 0.237 e. The first-order chi connectivity index (χ1) is 11.6. The Labute approximate surface area is 143 Å². The second-order valence-corrected chi connectivity index (χ2v) is 6.85. The molecule has 3 rings (SSSR count). The summed E-state index contributed by atoms with van der Waals surface area (Å²) in [4.78, 5) is 16.8.